The number of carbonyl (C=O) groups excluding carboxylic acids is 1. The zero-order valence-corrected chi connectivity index (χ0v) is 14.0. The molecule has 0 saturated carbocycles. The number of aliphatic imine (C=N–C) groups is 1. The Morgan fingerprint density at radius 2 is 1.78 bits per heavy atom. The van der Waals surface area contributed by atoms with Gasteiger partial charge in [-0.25, -0.2) is 4.99 Å². The number of nitrogens with zero attached hydrogens (tertiary/aromatic N) is 2. The number of benzene rings is 2. The lowest BCUT2D eigenvalue weighted by molar-refractivity contribution is -0.122. The molecule has 1 aliphatic rings. The summed E-state index contributed by atoms with van der Waals surface area (Å²) >= 11 is 1.44. The maximum Gasteiger partial charge on any atom is 0.266 e. The third-order valence-electron chi connectivity index (χ3n) is 3.63. The minimum absolute atomic E-state index is 0.0219. The highest BCUT2D eigenvalue weighted by Gasteiger charge is 2.32. The normalized spacial score (nSPS) is 18.2. The molecule has 3 rings (SSSR count). The summed E-state index contributed by atoms with van der Waals surface area (Å²) < 4.78 is 0. The van der Waals surface area contributed by atoms with Gasteiger partial charge in [-0.1, -0.05) is 48.5 Å². The van der Waals surface area contributed by atoms with Crippen molar-refractivity contribution in [3.63, 3.8) is 0 Å². The van der Waals surface area contributed by atoms with Crippen molar-refractivity contribution >= 4 is 34.6 Å². The fourth-order valence-corrected chi connectivity index (χ4v) is 3.42. The molecule has 23 heavy (non-hydrogen) atoms. The van der Waals surface area contributed by atoms with Gasteiger partial charge in [0, 0.05) is 6.54 Å². The average Bonchev–Trinajstić information content (AvgIpc) is 2.85. The first-order valence-electron chi connectivity index (χ1n) is 7.60. The predicted octanol–water partition coefficient (Wildman–Crippen LogP) is 4.62. The first kappa shape index (κ1) is 15.6. The quantitative estimate of drug-likeness (QED) is 0.773. The smallest absolute Gasteiger partial charge is 0.266 e. The monoisotopic (exact) mass is 322 g/mol. The van der Waals surface area contributed by atoms with E-state index in [0.717, 1.165) is 22.0 Å². The summed E-state index contributed by atoms with van der Waals surface area (Å²) in [4.78, 5) is 19.7. The molecule has 0 bridgehead atoms. The number of rotatable bonds is 3. The number of likely N-dealkylation sites (N-methyl/N-ethyl adjacent to an activating group) is 1. The lowest BCUT2D eigenvalue weighted by atomic mass is 10.2. The van der Waals surface area contributed by atoms with E-state index in [1.165, 1.54) is 11.8 Å². The maximum absolute atomic E-state index is 12.6. The Morgan fingerprint density at radius 3 is 2.48 bits per heavy atom. The van der Waals surface area contributed by atoms with E-state index < -0.39 is 0 Å². The van der Waals surface area contributed by atoms with Gasteiger partial charge in [0.05, 0.1) is 10.6 Å². The Kier molecular flexibility index (Phi) is 4.63. The molecule has 116 valence electrons. The van der Waals surface area contributed by atoms with Gasteiger partial charge in [-0.2, -0.15) is 0 Å². The molecule has 0 radical (unpaired) electrons. The molecule has 4 heteroatoms. The lowest BCUT2D eigenvalue weighted by Crippen LogP contribution is -2.28. The molecule has 2 aromatic rings. The number of amides is 1. The van der Waals surface area contributed by atoms with Gasteiger partial charge in [0.2, 0.25) is 0 Å². The Balaban J connectivity index is 1.95. The summed E-state index contributed by atoms with van der Waals surface area (Å²) in [5, 5.41) is 0.744. The standard InChI is InChI=1S/C19H18N2OS/c1-3-21-18(22)17(13-15-10-5-4-6-11-15)23-19(21)20-16-12-8-7-9-14(16)2/h4-13H,3H2,1-2H3/b17-13+,20-19?. The third-order valence-corrected chi connectivity index (χ3v) is 4.64. The first-order valence-corrected chi connectivity index (χ1v) is 8.41. The minimum atomic E-state index is 0.0219. The molecule has 1 saturated heterocycles. The Labute approximate surface area is 140 Å². The van der Waals surface area contributed by atoms with Crippen LogP contribution < -0.4 is 0 Å². The summed E-state index contributed by atoms with van der Waals surface area (Å²) in [5.74, 6) is 0.0219. The van der Waals surface area contributed by atoms with E-state index in [9.17, 15) is 4.79 Å². The highest BCUT2D eigenvalue weighted by Crippen LogP contribution is 2.34. The Morgan fingerprint density at radius 1 is 1.09 bits per heavy atom. The molecule has 1 amide bonds. The van der Waals surface area contributed by atoms with Crippen LogP contribution in [0.15, 0.2) is 64.5 Å². The molecule has 1 aliphatic heterocycles. The van der Waals surface area contributed by atoms with E-state index in [1.54, 1.807) is 4.90 Å². The van der Waals surface area contributed by atoms with E-state index in [0.29, 0.717) is 11.4 Å². The minimum Gasteiger partial charge on any atom is -0.287 e. The zero-order valence-electron chi connectivity index (χ0n) is 13.2. The van der Waals surface area contributed by atoms with Crippen molar-refractivity contribution in [2.75, 3.05) is 6.54 Å². The van der Waals surface area contributed by atoms with Gasteiger partial charge in [0.15, 0.2) is 5.17 Å². The number of carbonyl (C=O) groups is 1. The van der Waals surface area contributed by atoms with Gasteiger partial charge in [0.25, 0.3) is 5.91 Å². The van der Waals surface area contributed by atoms with Gasteiger partial charge in [-0.3, -0.25) is 9.69 Å². The number of hydrogen-bond acceptors (Lipinski definition) is 3. The molecule has 0 N–H and O–H groups in total. The summed E-state index contributed by atoms with van der Waals surface area (Å²) in [6, 6.07) is 17.8. The first-order chi connectivity index (χ1) is 11.2. The van der Waals surface area contributed by atoms with E-state index in [1.807, 2.05) is 74.5 Å². The largest absolute Gasteiger partial charge is 0.287 e. The van der Waals surface area contributed by atoms with E-state index in [-0.39, 0.29) is 5.91 Å². The molecule has 0 unspecified atom stereocenters. The van der Waals surface area contributed by atoms with Crippen molar-refractivity contribution in [3.05, 3.63) is 70.6 Å². The van der Waals surface area contributed by atoms with Gasteiger partial charge in [0.1, 0.15) is 0 Å². The molecule has 0 aliphatic carbocycles. The Hall–Kier alpha value is -2.33. The molecule has 0 spiro atoms. The third kappa shape index (κ3) is 3.37. The molecule has 1 heterocycles. The number of para-hydroxylation sites is 1. The van der Waals surface area contributed by atoms with E-state index >= 15 is 0 Å². The van der Waals surface area contributed by atoms with Crippen LogP contribution >= 0.6 is 11.8 Å². The SMILES string of the molecule is CCN1C(=O)/C(=C\c2ccccc2)SC1=Nc1ccccc1C. The van der Waals surface area contributed by atoms with Gasteiger partial charge in [-0.05, 0) is 48.9 Å². The lowest BCUT2D eigenvalue weighted by Gasteiger charge is -2.12. The maximum atomic E-state index is 12.6. The van der Waals surface area contributed by atoms with Crippen LogP contribution in [0, 0.1) is 6.92 Å². The van der Waals surface area contributed by atoms with Crippen LogP contribution in [0.4, 0.5) is 5.69 Å². The highest BCUT2D eigenvalue weighted by molar-refractivity contribution is 8.18. The average molecular weight is 322 g/mol. The fraction of sp³-hybridized carbons (Fsp3) is 0.158. The van der Waals surface area contributed by atoms with Crippen molar-refractivity contribution in [2.24, 2.45) is 4.99 Å². The zero-order chi connectivity index (χ0) is 16.2. The van der Waals surface area contributed by atoms with E-state index in [4.69, 9.17) is 4.99 Å². The number of thioether (sulfide) groups is 1. The second-order valence-corrected chi connectivity index (χ2v) is 6.26. The van der Waals surface area contributed by atoms with Crippen LogP contribution in [0.1, 0.15) is 18.1 Å². The molecule has 3 nitrogen and oxygen atoms in total. The predicted molar refractivity (Wildman–Crippen MR) is 97.7 cm³/mol. The molecular weight excluding hydrogens is 304 g/mol. The van der Waals surface area contributed by atoms with Gasteiger partial charge in [-0.15, -0.1) is 0 Å². The van der Waals surface area contributed by atoms with Crippen LogP contribution in [0.5, 0.6) is 0 Å². The van der Waals surface area contributed by atoms with Crippen LogP contribution in [0.25, 0.3) is 6.08 Å². The van der Waals surface area contributed by atoms with Gasteiger partial charge < -0.3 is 0 Å². The number of aryl methyl sites for hydroxylation is 1. The number of hydrogen-bond donors (Lipinski definition) is 0. The second kappa shape index (κ2) is 6.84. The number of amidine groups is 1. The summed E-state index contributed by atoms with van der Waals surface area (Å²) in [6.07, 6.45) is 1.93. The van der Waals surface area contributed by atoms with Crippen molar-refractivity contribution in [3.8, 4) is 0 Å². The summed E-state index contributed by atoms with van der Waals surface area (Å²) in [7, 11) is 0. The van der Waals surface area contributed by atoms with Crippen molar-refractivity contribution in [1.29, 1.82) is 0 Å². The van der Waals surface area contributed by atoms with Crippen LogP contribution in [-0.4, -0.2) is 22.5 Å². The van der Waals surface area contributed by atoms with Crippen LogP contribution in [0.3, 0.4) is 0 Å². The molecule has 1 fully saturated rings. The van der Waals surface area contributed by atoms with Gasteiger partial charge >= 0.3 is 0 Å². The second-order valence-electron chi connectivity index (χ2n) is 5.25. The van der Waals surface area contributed by atoms with E-state index in [2.05, 4.69) is 0 Å². The topological polar surface area (TPSA) is 32.7 Å². The highest BCUT2D eigenvalue weighted by atomic mass is 32.2. The summed E-state index contributed by atoms with van der Waals surface area (Å²) in [6.45, 7) is 4.61. The van der Waals surface area contributed by atoms with Crippen molar-refractivity contribution < 1.29 is 4.79 Å². The molecule has 0 aromatic heterocycles. The van der Waals surface area contributed by atoms with Crippen LogP contribution in [0.2, 0.25) is 0 Å². The molecule has 2 aromatic carbocycles. The van der Waals surface area contributed by atoms with Crippen LogP contribution in [-0.2, 0) is 4.79 Å². The molecule has 0 atom stereocenters. The van der Waals surface area contributed by atoms with Crippen molar-refractivity contribution in [2.45, 2.75) is 13.8 Å². The Bertz CT molecular complexity index is 781. The fourth-order valence-electron chi connectivity index (χ4n) is 2.36. The summed E-state index contributed by atoms with van der Waals surface area (Å²) in [5.41, 5.74) is 3.03. The van der Waals surface area contributed by atoms with Crippen molar-refractivity contribution in [1.82, 2.24) is 4.90 Å². The molecular formula is C19H18N2OS.